The molecule has 0 amide bonds. The van der Waals surface area contributed by atoms with E-state index in [1.165, 1.54) is 6.07 Å². The Bertz CT molecular complexity index is 867. The number of hydrogen-bond acceptors (Lipinski definition) is 4. The molecule has 0 bridgehead atoms. The first-order chi connectivity index (χ1) is 12.0. The van der Waals surface area contributed by atoms with Crippen LogP contribution in [0.3, 0.4) is 0 Å². The molecule has 0 aliphatic carbocycles. The second-order valence-corrected chi connectivity index (χ2v) is 5.86. The highest BCUT2D eigenvalue weighted by molar-refractivity contribution is 5.41. The minimum absolute atomic E-state index is 0.0235. The maximum atomic E-state index is 13.1. The van der Waals surface area contributed by atoms with E-state index in [0.29, 0.717) is 13.1 Å². The summed E-state index contributed by atoms with van der Waals surface area (Å²) in [6.45, 7) is 2.82. The molecule has 0 fully saturated rings. The third-order valence-electron chi connectivity index (χ3n) is 3.75. The van der Waals surface area contributed by atoms with Gasteiger partial charge in [0.2, 0.25) is 0 Å². The smallest absolute Gasteiger partial charge is 0.162 e. The normalized spacial score (nSPS) is 12.5. The molecule has 1 aromatic carbocycles. The van der Waals surface area contributed by atoms with Crippen molar-refractivity contribution in [3.05, 3.63) is 65.6 Å². The van der Waals surface area contributed by atoms with Gasteiger partial charge in [-0.3, -0.25) is 0 Å². The molecule has 0 saturated heterocycles. The van der Waals surface area contributed by atoms with E-state index in [2.05, 4.69) is 10.3 Å². The topological polar surface area (TPSA) is 58.8 Å². The molecule has 0 radical (unpaired) electrons. The number of nitrogens with zero attached hydrogens (tertiary/aromatic N) is 2. The fraction of sp³-hybridized carbons (Fsp3) is 0.278. The first-order valence-corrected chi connectivity index (χ1v) is 7.92. The van der Waals surface area contributed by atoms with Crippen molar-refractivity contribution in [2.24, 2.45) is 0 Å². The lowest BCUT2D eigenvalue weighted by Crippen LogP contribution is -2.31. The van der Waals surface area contributed by atoms with Gasteiger partial charge < -0.3 is 19.6 Å². The van der Waals surface area contributed by atoms with Crippen molar-refractivity contribution >= 4 is 5.65 Å². The van der Waals surface area contributed by atoms with E-state index < -0.39 is 17.7 Å². The fourth-order valence-corrected chi connectivity index (χ4v) is 2.45. The molecule has 1 atom stereocenters. The molecule has 0 spiro atoms. The van der Waals surface area contributed by atoms with Gasteiger partial charge >= 0.3 is 0 Å². The number of fused-ring (bicyclic) bond motifs is 1. The van der Waals surface area contributed by atoms with Crippen molar-refractivity contribution in [3.8, 4) is 5.75 Å². The maximum absolute atomic E-state index is 13.1. The number of aliphatic hydroxyl groups excluding tert-OH is 1. The summed E-state index contributed by atoms with van der Waals surface area (Å²) in [6, 6.07) is 7.21. The Morgan fingerprint density at radius 3 is 2.88 bits per heavy atom. The number of aromatic nitrogens is 2. The first-order valence-electron chi connectivity index (χ1n) is 7.92. The van der Waals surface area contributed by atoms with Gasteiger partial charge in [0.15, 0.2) is 11.6 Å². The van der Waals surface area contributed by atoms with E-state index in [9.17, 15) is 13.9 Å². The Morgan fingerprint density at radius 2 is 2.08 bits per heavy atom. The maximum Gasteiger partial charge on any atom is 0.162 e. The van der Waals surface area contributed by atoms with Gasteiger partial charge in [-0.05, 0) is 30.7 Å². The molecule has 3 rings (SSSR count). The number of pyridine rings is 1. The summed E-state index contributed by atoms with van der Waals surface area (Å²) in [5, 5.41) is 13.1. The lowest BCUT2D eigenvalue weighted by molar-refractivity contribution is 0.106. The van der Waals surface area contributed by atoms with Gasteiger partial charge in [0.25, 0.3) is 0 Å². The molecule has 1 unspecified atom stereocenters. The molecule has 2 heterocycles. The molecule has 0 aliphatic heterocycles. The highest BCUT2D eigenvalue weighted by Crippen LogP contribution is 2.15. The lowest BCUT2D eigenvalue weighted by atomic mass is 10.3. The molecule has 132 valence electrons. The Hall–Kier alpha value is -2.51. The second kappa shape index (κ2) is 7.58. The van der Waals surface area contributed by atoms with Crippen molar-refractivity contribution in [3.63, 3.8) is 0 Å². The van der Waals surface area contributed by atoms with Crippen molar-refractivity contribution < 1.29 is 18.6 Å². The molecule has 0 aliphatic rings. The molecule has 7 heteroatoms. The van der Waals surface area contributed by atoms with Gasteiger partial charge in [0.1, 0.15) is 24.1 Å². The number of hydrogen-bond donors (Lipinski definition) is 2. The number of halogens is 2. The monoisotopic (exact) mass is 347 g/mol. The molecule has 5 nitrogen and oxygen atoms in total. The van der Waals surface area contributed by atoms with Crippen LogP contribution in [0.25, 0.3) is 5.65 Å². The average Bonchev–Trinajstić information content (AvgIpc) is 2.98. The van der Waals surface area contributed by atoms with E-state index in [1.54, 1.807) is 6.20 Å². The fourth-order valence-electron chi connectivity index (χ4n) is 2.45. The van der Waals surface area contributed by atoms with Crippen LogP contribution in [0.4, 0.5) is 8.78 Å². The SMILES string of the molecule is Cc1ccc2ncc(CNCC(O)COc3ccc(F)c(F)c3)n2c1. The van der Waals surface area contributed by atoms with Crippen LogP contribution in [-0.4, -0.2) is 33.7 Å². The largest absolute Gasteiger partial charge is 0.491 e. The molecular weight excluding hydrogens is 328 g/mol. The third-order valence-corrected chi connectivity index (χ3v) is 3.75. The molecule has 25 heavy (non-hydrogen) atoms. The van der Waals surface area contributed by atoms with E-state index in [-0.39, 0.29) is 12.4 Å². The summed E-state index contributed by atoms with van der Waals surface area (Å²) in [5.74, 6) is -1.74. The summed E-state index contributed by atoms with van der Waals surface area (Å²) >= 11 is 0. The predicted octanol–water partition coefficient (Wildman–Crippen LogP) is 2.45. The van der Waals surface area contributed by atoms with Crippen LogP contribution in [0.5, 0.6) is 5.75 Å². The number of benzene rings is 1. The van der Waals surface area contributed by atoms with E-state index >= 15 is 0 Å². The zero-order valence-corrected chi connectivity index (χ0v) is 13.7. The van der Waals surface area contributed by atoms with Gasteiger partial charge in [0.05, 0.1) is 11.9 Å². The summed E-state index contributed by atoms with van der Waals surface area (Å²) < 4.78 is 33.2. The molecule has 0 saturated carbocycles. The number of imidazole rings is 1. The zero-order chi connectivity index (χ0) is 17.8. The Morgan fingerprint density at radius 1 is 1.24 bits per heavy atom. The van der Waals surface area contributed by atoms with Crippen molar-refractivity contribution in [1.29, 1.82) is 0 Å². The number of ether oxygens (including phenoxy) is 1. The number of rotatable bonds is 7. The standard InChI is InChI=1S/C18H19F2N3O2/c1-12-2-5-18-22-8-13(23(18)10-12)7-21-9-14(24)11-25-15-3-4-16(19)17(20)6-15/h2-6,8,10,14,21,24H,7,9,11H2,1H3. The van der Waals surface area contributed by atoms with Gasteiger partial charge in [-0.25, -0.2) is 13.8 Å². The van der Waals surface area contributed by atoms with Gasteiger partial charge in [-0.15, -0.1) is 0 Å². The Kier molecular flexibility index (Phi) is 5.25. The lowest BCUT2D eigenvalue weighted by Gasteiger charge is -2.13. The summed E-state index contributed by atoms with van der Waals surface area (Å²) in [5.41, 5.74) is 2.98. The Balaban J connectivity index is 1.48. The molecule has 2 aromatic heterocycles. The summed E-state index contributed by atoms with van der Waals surface area (Å²) in [4.78, 5) is 4.32. The number of nitrogens with one attached hydrogen (secondary N) is 1. The minimum atomic E-state index is -0.979. The van der Waals surface area contributed by atoms with Crippen LogP contribution in [0.15, 0.2) is 42.7 Å². The van der Waals surface area contributed by atoms with E-state index in [4.69, 9.17) is 4.74 Å². The predicted molar refractivity (Wildman–Crippen MR) is 89.5 cm³/mol. The van der Waals surface area contributed by atoms with Gasteiger partial charge in [0, 0.05) is 25.4 Å². The van der Waals surface area contributed by atoms with Gasteiger partial charge in [-0.1, -0.05) is 6.07 Å². The molecule has 3 aromatic rings. The van der Waals surface area contributed by atoms with Gasteiger partial charge in [-0.2, -0.15) is 0 Å². The third kappa shape index (κ3) is 4.32. The number of aliphatic hydroxyl groups is 1. The Labute approximate surface area is 143 Å². The van der Waals surface area contributed by atoms with Crippen LogP contribution >= 0.6 is 0 Å². The van der Waals surface area contributed by atoms with Crippen molar-refractivity contribution in [2.75, 3.05) is 13.2 Å². The summed E-state index contributed by atoms with van der Waals surface area (Å²) in [6.07, 6.45) is 3.00. The average molecular weight is 347 g/mol. The zero-order valence-electron chi connectivity index (χ0n) is 13.7. The molecule has 2 N–H and O–H groups in total. The number of aryl methyl sites for hydroxylation is 1. The highest BCUT2D eigenvalue weighted by atomic mass is 19.2. The van der Waals surface area contributed by atoms with Crippen LogP contribution in [0.2, 0.25) is 0 Å². The van der Waals surface area contributed by atoms with Crippen molar-refractivity contribution in [1.82, 2.24) is 14.7 Å². The quantitative estimate of drug-likeness (QED) is 0.689. The molecular formula is C18H19F2N3O2. The van der Waals surface area contributed by atoms with Crippen LogP contribution in [0, 0.1) is 18.6 Å². The van der Waals surface area contributed by atoms with E-state index in [1.807, 2.05) is 29.7 Å². The highest BCUT2D eigenvalue weighted by Gasteiger charge is 2.09. The van der Waals surface area contributed by atoms with Crippen LogP contribution < -0.4 is 10.1 Å². The summed E-state index contributed by atoms with van der Waals surface area (Å²) in [7, 11) is 0. The minimum Gasteiger partial charge on any atom is -0.491 e. The first kappa shape index (κ1) is 17.3. The van der Waals surface area contributed by atoms with Crippen LogP contribution in [-0.2, 0) is 6.54 Å². The van der Waals surface area contributed by atoms with E-state index in [0.717, 1.165) is 29.0 Å². The van der Waals surface area contributed by atoms with Crippen molar-refractivity contribution in [2.45, 2.75) is 19.6 Å². The van der Waals surface area contributed by atoms with Crippen LogP contribution in [0.1, 0.15) is 11.3 Å². The second-order valence-electron chi connectivity index (χ2n) is 5.86.